The van der Waals surface area contributed by atoms with E-state index in [0.717, 1.165) is 6.42 Å². The summed E-state index contributed by atoms with van der Waals surface area (Å²) in [4.78, 5) is 22.7. The number of hydrogen-bond acceptors (Lipinski definition) is 3. The number of carboxylic acid groups (broad SMARTS) is 1. The molecule has 0 aromatic carbocycles. The number of nitrogens with two attached hydrogens (primary N) is 1. The van der Waals surface area contributed by atoms with Crippen molar-refractivity contribution in [3.63, 3.8) is 0 Å². The molecule has 2 atom stereocenters. The largest absolute Gasteiger partial charge is 0.480 e. The van der Waals surface area contributed by atoms with Crippen LogP contribution in [0.15, 0.2) is 0 Å². The number of hydrogen-bond donors (Lipinski definition) is 3. The standard InChI is InChI=1S/C15H26N2O3/c1-5-6-12(14(19)20)17-13(18)8-7-11(9-10-16)15(2,3)4/h1,11-12H,6-10,16H2,2-4H3,(H,17,18)(H,19,20). The first-order valence-electron chi connectivity index (χ1n) is 6.88. The summed E-state index contributed by atoms with van der Waals surface area (Å²) in [7, 11) is 0. The van der Waals surface area contributed by atoms with Crippen LogP contribution in [0.5, 0.6) is 0 Å². The van der Waals surface area contributed by atoms with Gasteiger partial charge in [-0.1, -0.05) is 20.8 Å². The molecule has 0 aromatic heterocycles. The fourth-order valence-electron chi connectivity index (χ4n) is 2.10. The maximum atomic E-state index is 11.8. The summed E-state index contributed by atoms with van der Waals surface area (Å²) in [5.41, 5.74) is 5.67. The van der Waals surface area contributed by atoms with Gasteiger partial charge in [0.15, 0.2) is 0 Å². The van der Waals surface area contributed by atoms with Gasteiger partial charge < -0.3 is 16.2 Å². The van der Waals surface area contributed by atoms with Gasteiger partial charge in [-0.3, -0.25) is 4.79 Å². The van der Waals surface area contributed by atoms with Crippen LogP contribution in [-0.4, -0.2) is 29.6 Å². The first-order valence-corrected chi connectivity index (χ1v) is 6.88. The van der Waals surface area contributed by atoms with Gasteiger partial charge in [-0.2, -0.15) is 0 Å². The van der Waals surface area contributed by atoms with Crippen LogP contribution in [0.2, 0.25) is 0 Å². The lowest BCUT2D eigenvalue weighted by Crippen LogP contribution is -2.40. The van der Waals surface area contributed by atoms with Crippen molar-refractivity contribution in [1.29, 1.82) is 0 Å². The van der Waals surface area contributed by atoms with E-state index in [1.54, 1.807) is 0 Å². The molecule has 0 rings (SSSR count). The topological polar surface area (TPSA) is 92.4 Å². The van der Waals surface area contributed by atoms with Crippen molar-refractivity contribution in [3.05, 3.63) is 0 Å². The predicted molar refractivity (Wildman–Crippen MR) is 78.9 cm³/mol. The zero-order valence-corrected chi connectivity index (χ0v) is 12.6. The summed E-state index contributed by atoms with van der Waals surface area (Å²) in [6.45, 7) is 6.93. The molecule has 5 nitrogen and oxygen atoms in total. The maximum absolute atomic E-state index is 11.8. The lowest BCUT2D eigenvalue weighted by atomic mass is 9.76. The van der Waals surface area contributed by atoms with Crippen molar-refractivity contribution in [2.75, 3.05) is 6.54 Å². The number of carboxylic acids is 1. The third kappa shape index (κ3) is 7.15. The number of nitrogens with one attached hydrogen (secondary N) is 1. The summed E-state index contributed by atoms with van der Waals surface area (Å²) in [5, 5.41) is 11.4. The van der Waals surface area contributed by atoms with E-state index < -0.39 is 12.0 Å². The van der Waals surface area contributed by atoms with Gasteiger partial charge in [0.2, 0.25) is 5.91 Å². The SMILES string of the molecule is C#CCC(NC(=O)CCC(CCN)C(C)(C)C)C(=O)O. The fourth-order valence-corrected chi connectivity index (χ4v) is 2.10. The average molecular weight is 282 g/mol. The second-order valence-electron chi connectivity index (χ2n) is 6.05. The highest BCUT2D eigenvalue weighted by atomic mass is 16.4. The number of carbonyl (C=O) groups is 2. The van der Waals surface area contributed by atoms with E-state index in [1.165, 1.54) is 0 Å². The Labute approximate surface area is 121 Å². The van der Waals surface area contributed by atoms with Gasteiger partial charge in [0, 0.05) is 12.8 Å². The normalized spacial score (nSPS) is 14.2. The van der Waals surface area contributed by atoms with Crippen LogP contribution in [0, 0.1) is 23.7 Å². The summed E-state index contributed by atoms with van der Waals surface area (Å²) < 4.78 is 0. The van der Waals surface area contributed by atoms with Gasteiger partial charge in [0.25, 0.3) is 0 Å². The number of rotatable bonds is 8. The minimum Gasteiger partial charge on any atom is -0.480 e. The quantitative estimate of drug-likeness (QED) is 0.586. The second kappa shape index (κ2) is 8.60. The van der Waals surface area contributed by atoms with Gasteiger partial charge in [-0.05, 0) is 30.7 Å². The molecule has 0 spiro atoms. The van der Waals surface area contributed by atoms with E-state index in [1.807, 2.05) is 0 Å². The van der Waals surface area contributed by atoms with Gasteiger partial charge in [0.05, 0.1) is 0 Å². The molecule has 0 bridgehead atoms. The van der Waals surface area contributed by atoms with Gasteiger partial charge in [-0.25, -0.2) is 4.79 Å². The third-order valence-corrected chi connectivity index (χ3v) is 3.42. The van der Waals surface area contributed by atoms with Gasteiger partial charge in [0.1, 0.15) is 6.04 Å². The van der Waals surface area contributed by atoms with Gasteiger partial charge >= 0.3 is 5.97 Å². The van der Waals surface area contributed by atoms with Crippen LogP contribution < -0.4 is 11.1 Å². The molecular formula is C15H26N2O3. The molecule has 0 radical (unpaired) electrons. The Kier molecular flexibility index (Phi) is 7.93. The zero-order valence-electron chi connectivity index (χ0n) is 12.6. The van der Waals surface area contributed by atoms with Crippen molar-refractivity contribution in [1.82, 2.24) is 5.32 Å². The minimum absolute atomic E-state index is 0.00737. The third-order valence-electron chi connectivity index (χ3n) is 3.42. The highest BCUT2D eigenvalue weighted by Crippen LogP contribution is 2.31. The van der Waals surface area contributed by atoms with E-state index in [0.29, 0.717) is 18.9 Å². The first-order chi connectivity index (χ1) is 9.22. The van der Waals surface area contributed by atoms with E-state index in [-0.39, 0.29) is 24.2 Å². The highest BCUT2D eigenvalue weighted by molar-refractivity contribution is 5.83. The number of carbonyl (C=O) groups excluding carboxylic acids is 1. The van der Waals surface area contributed by atoms with Crippen LogP contribution in [0.1, 0.15) is 46.5 Å². The van der Waals surface area contributed by atoms with Crippen LogP contribution in [0.4, 0.5) is 0 Å². The van der Waals surface area contributed by atoms with Crippen molar-refractivity contribution in [2.45, 2.75) is 52.5 Å². The maximum Gasteiger partial charge on any atom is 0.327 e. The molecule has 4 N–H and O–H groups in total. The number of aliphatic carboxylic acids is 1. The van der Waals surface area contributed by atoms with E-state index in [9.17, 15) is 9.59 Å². The molecule has 0 aliphatic rings. The summed E-state index contributed by atoms with van der Waals surface area (Å²) in [6, 6.07) is -1.00. The minimum atomic E-state index is -1.11. The molecule has 0 saturated carbocycles. The molecule has 0 heterocycles. The van der Waals surface area contributed by atoms with Crippen molar-refractivity contribution in [3.8, 4) is 12.3 Å². The Morgan fingerprint density at radius 3 is 2.35 bits per heavy atom. The first kappa shape index (κ1) is 18.5. The smallest absolute Gasteiger partial charge is 0.327 e. The molecule has 2 unspecified atom stereocenters. The molecule has 20 heavy (non-hydrogen) atoms. The summed E-state index contributed by atoms with van der Waals surface area (Å²) in [5.74, 6) is 1.20. The molecule has 114 valence electrons. The predicted octanol–water partition coefficient (Wildman–Crippen LogP) is 1.37. The number of terminal acetylenes is 1. The molecular weight excluding hydrogens is 256 g/mol. The van der Waals surface area contributed by atoms with Crippen molar-refractivity contribution >= 4 is 11.9 Å². The Balaban J connectivity index is 4.39. The molecule has 0 aliphatic heterocycles. The van der Waals surface area contributed by atoms with Crippen molar-refractivity contribution in [2.24, 2.45) is 17.1 Å². The highest BCUT2D eigenvalue weighted by Gasteiger charge is 2.25. The van der Waals surface area contributed by atoms with E-state index in [4.69, 9.17) is 17.3 Å². The lowest BCUT2D eigenvalue weighted by molar-refractivity contribution is -0.141. The molecule has 0 aliphatic carbocycles. The van der Waals surface area contributed by atoms with Crippen LogP contribution >= 0.6 is 0 Å². The van der Waals surface area contributed by atoms with Crippen molar-refractivity contribution < 1.29 is 14.7 Å². The summed E-state index contributed by atoms with van der Waals surface area (Å²) in [6.07, 6.45) is 6.90. The Morgan fingerprint density at radius 2 is 1.95 bits per heavy atom. The molecule has 0 saturated heterocycles. The monoisotopic (exact) mass is 282 g/mol. The van der Waals surface area contributed by atoms with E-state index >= 15 is 0 Å². The second-order valence-corrected chi connectivity index (χ2v) is 6.05. The fraction of sp³-hybridized carbons (Fsp3) is 0.733. The molecule has 5 heteroatoms. The summed E-state index contributed by atoms with van der Waals surface area (Å²) >= 11 is 0. The number of amides is 1. The Hall–Kier alpha value is -1.54. The Morgan fingerprint density at radius 1 is 1.35 bits per heavy atom. The zero-order chi connectivity index (χ0) is 15.8. The molecule has 1 amide bonds. The Bertz CT molecular complexity index is 366. The molecule has 0 aromatic rings. The van der Waals surface area contributed by atoms with Crippen LogP contribution in [0.25, 0.3) is 0 Å². The van der Waals surface area contributed by atoms with Crippen LogP contribution in [0.3, 0.4) is 0 Å². The van der Waals surface area contributed by atoms with E-state index in [2.05, 4.69) is 32.0 Å². The molecule has 0 fully saturated rings. The van der Waals surface area contributed by atoms with Crippen LogP contribution in [-0.2, 0) is 9.59 Å². The lowest BCUT2D eigenvalue weighted by Gasteiger charge is -2.30. The van der Waals surface area contributed by atoms with Gasteiger partial charge in [-0.15, -0.1) is 12.3 Å². The average Bonchev–Trinajstić information content (AvgIpc) is 2.32.